The van der Waals surface area contributed by atoms with Crippen molar-refractivity contribution < 1.29 is 24.1 Å². The van der Waals surface area contributed by atoms with Crippen LogP contribution in [0.1, 0.15) is 53.9 Å². The molecular weight excluding hydrogens is 260 g/mol. The molecule has 0 bridgehead atoms. The maximum Gasteiger partial charge on any atom is 0.163 e. The van der Waals surface area contributed by atoms with Crippen molar-refractivity contribution in [3.8, 4) is 0 Å². The molecule has 2 saturated heterocycles. The first kappa shape index (κ1) is 17.9. The van der Waals surface area contributed by atoms with Gasteiger partial charge in [-0.25, -0.2) is 0 Å². The van der Waals surface area contributed by atoms with Gasteiger partial charge in [0.05, 0.1) is 25.4 Å². The molecular formula is C15H30O5. The molecule has 5 nitrogen and oxygen atoms in total. The second kappa shape index (κ2) is 7.71. The average molecular weight is 290 g/mol. The first-order valence-corrected chi connectivity index (χ1v) is 7.52. The fourth-order valence-electron chi connectivity index (χ4n) is 2.28. The van der Waals surface area contributed by atoms with Crippen molar-refractivity contribution in [3.63, 3.8) is 0 Å². The minimum atomic E-state index is -0.445. The molecule has 2 aliphatic heterocycles. The standard InChI is InChI=1S/C8H16O2.C7H14O3/c1-4-5-7-6-9-8(2,3)10-7;1-7(2)9-5-6(10-7)3-4-8/h7H,4-6H2,1-3H3;6,8H,3-5H2,1-2H3/t7-;6-/m00/s1. The summed E-state index contributed by atoms with van der Waals surface area (Å²) in [6.45, 7) is 11.4. The number of hydrogen-bond donors (Lipinski definition) is 1. The van der Waals surface area contributed by atoms with Crippen LogP contribution in [0.15, 0.2) is 0 Å². The van der Waals surface area contributed by atoms with Crippen LogP contribution in [0.3, 0.4) is 0 Å². The molecule has 0 amide bonds. The Morgan fingerprint density at radius 1 is 0.900 bits per heavy atom. The van der Waals surface area contributed by atoms with E-state index in [0.717, 1.165) is 13.0 Å². The van der Waals surface area contributed by atoms with Crippen LogP contribution in [0.5, 0.6) is 0 Å². The zero-order valence-corrected chi connectivity index (χ0v) is 13.5. The van der Waals surface area contributed by atoms with Crippen molar-refractivity contribution in [3.05, 3.63) is 0 Å². The van der Waals surface area contributed by atoms with E-state index in [0.29, 0.717) is 19.1 Å². The highest BCUT2D eigenvalue weighted by Gasteiger charge is 2.32. The average Bonchev–Trinajstić information content (AvgIpc) is 2.84. The Hall–Kier alpha value is -0.200. The third-order valence-corrected chi connectivity index (χ3v) is 3.20. The van der Waals surface area contributed by atoms with Gasteiger partial charge in [0.15, 0.2) is 11.6 Å². The number of aliphatic hydroxyl groups is 1. The highest BCUT2D eigenvalue weighted by atomic mass is 16.7. The highest BCUT2D eigenvalue weighted by molar-refractivity contribution is 4.70. The molecule has 0 aliphatic carbocycles. The smallest absolute Gasteiger partial charge is 0.163 e. The van der Waals surface area contributed by atoms with Crippen molar-refractivity contribution in [2.24, 2.45) is 0 Å². The minimum absolute atomic E-state index is 0.0833. The lowest BCUT2D eigenvalue weighted by molar-refractivity contribution is -0.139. The molecule has 20 heavy (non-hydrogen) atoms. The van der Waals surface area contributed by atoms with Crippen molar-refractivity contribution in [2.75, 3.05) is 19.8 Å². The van der Waals surface area contributed by atoms with Gasteiger partial charge in [0.25, 0.3) is 0 Å². The molecule has 0 unspecified atom stereocenters. The first-order chi connectivity index (χ1) is 9.28. The molecule has 2 fully saturated rings. The predicted octanol–water partition coefficient (Wildman–Crippen LogP) is 2.46. The maximum atomic E-state index is 8.56. The van der Waals surface area contributed by atoms with Crippen molar-refractivity contribution in [1.82, 2.24) is 0 Å². The second-order valence-corrected chi connectivity index (χ2v) is 6.20. The molecule has 2 heterocycles. The Morgan fingerprint density at radius 3 is 1.65 bits per heavy atom. The van der Waals surface area contributed by atoms with E-state index in [9.17, 15) is 0 Å². The first-order valence-electron chi connectivity index (χ1n) is 7.52. The van der Waals surface area contributed by atoms with Crippen molar-refractivity contribution in [2.45, 2.75) is 77.7 Å². The fraction of sp³-hybridized carbons (Fsp3) is 1.00. The van der Waals surface area contributed by atoms with Crippen LogP contribution in [0.25, 0.3) is 0 Å². The quantitative estimate of drug-likeness (QED) is 0.862. The molecule has 0 radical (unpaired) electrons. The summed E-state index contributed by atoms with van der Waals surface area (Å²) in [5, 5.41) is 8.56. The Balaban J connectivity index is 0.000000200. The number of hydrogen-bond acceptors (Lipinski definition) is 5. The van der Waals surface area contributed by atoms with Crippen LogP contribution >= 0.6 is 0 Å². The zero-order chi connectivity index (χ0) is 15.2. The van der Waals surface area contributed by atoms with Crippen LogP contribution < -0.4 is 0 Å². The van der Waals surface area contributed by atoms with Gasteiger partial charge >= 0.3 is 0 Å². The summed E-state index contributed by atoms with van der Waals surface area (Å²) >= 11 is 0. The topological polar surface area (TPSA) is 57.2 Å². The van der Waals surface area contributed by atoms with Crippen LogP contribution in [0, 0.1) is 0 Å². The molecule has 0 aromatic carbocycles. The van der Waals surface area contributed by atoms with Gasteiger partial charge in [-0.1, -0.05) is 13.3 Å². The Labute approximate surface area is 122 Å². The summed E-state index contributed by atoms with van der Waals surface area (Å²) in [7, 11) is 0. The lowest BCUT2D eigenvalue weighted by Gasteiger charge is -2.16. The van der Waals surface area contributed by atoms with Crippen molar-refractivity contribution in [1.29, 1.82) is 0 Å². The van der Waals surface area contributed by atoms with Crippen LogP contribution in [-0.4, -0.2) is 48.7 Å². The van der Waals surface area contributed by atoms with E-state index in [2.05, 4.69) is 6.92 Å². The molecule has 0 aromatic rings. The molecule has 2 aliphatic rings. The van der Waals surface area contributed by atoms with E-state index in [1.54, 1.807) is 0 Å². The minimum Gasteiger partial charge on any atom is -0.396 e. The van der Waals surface area contributed by atoms with E-state index in [4.69, 9.17) is 24.1 Å². The van der Waals surface area contributed by atoms with Crippen LogP contribution in [-0.2, 0) is 18.9 Å². The molecule has 0 spiro atoms. The zero-order valence-electron chi connectivity index (χ0n) is 13.5. The Bertz CT molecular complexity index is 249. The molecule has 5 heteroatoms. The van der Waals surface area contributed by atoms with Crippen LogP contribution in [0.2, 0.25) is 0 Å². The molecule has 2 rings (SSSR count). The lowest BCUT2D eigenvalue weighted by atomic mass is 10.2. The number of ether oxygens (including phenoxy) is 4. The summed E-state index contributed by atoms with van der Waals surface area (Å²) in [5.41, 5.74) is 0. The maximum absolute atomic E-state index is 8.56. The SMILES string of the molecule is CC1(C)OC[C@H](CCO)O1.CCC[C@H]1COC(C)(C)O1. The van der Waals surface area contributed by atoms with Gasteiger partial charge < -0.3 is 24.1 Å². The monoisotopic (exact) mass is 290 g/mol. The van der Waals surface area contributed by atoms with Crippen molar-refractivity contribution >= 4 is 0 Å². The largest absolute Gasteiger partial charge is 0.396 e. The third-order valence-electron chi connectivity index (χ3n) is 3.20. The lowest BCUT2D eigenvalue weighted by Crippen LogP contribution is -2.21. The van der Waals surface area contributed by atoms with E-state index in [-0.39, 0.29) is 18.5 Å². The van der Waals surface area contributed by atoms with Gasteiger partial charge in [0.2, 0.25) is 0 Å². The molecule has 0 saturated carbocycles. The van der Waals surface area contributed by atoms with Gasteiger partial charge in [-0.15, -0.1) is 0 Å². The third kappa shape index (κ3) is 6.50. The molecule has 120 valence electrons. The summed E-state index contributed by atoms with van der Waals surface area (Å²) in [6.07, 6.45) is 3.37. The fourth-order valence-corrected chi connectivity index (χ4v) is 2.28. The highest BCUT2D eigenvalue weighted by Crippen LogP contribution is 2.24. The number of rotatable bonds is 4. The molecule has 0 aromatic heterocycles. The van der Waals surface area contributed by atoms with Gasteiger partial charge in [-0.3, -0.25) is 0 Å². The van der Waals surface area contributed by atoms with Gasteiger partial charge in [0, 0.05) is 6.61 Å². The van der Waals surface area contributed by atoms with E-state index in [1.807, 2.05) is 27.7 Å². The normalized spacial score (nSPS) is 30.9. The summed E-state index contributed by atoms with van der Waals surface area (Å²) in [6, 6.07) is 0. The molecule has 2 atom stereocenters. The van der Waals surface area contributed by atoms with Crippen LogP contribution in [0.4, 0.5) is 0 Å². The van der Waals surface area contributed by atoms with Gasteiger partial charge in [0.1, 0.15) is 0 Å². The number of aliphatic hydroxyl groups excluding tert-OH is 1. The predicted molar refractivity (Wildman–Crippen MR) is 76.4 cm³/mol. The van der Waals surface area contributed by atoms with E-state index in [1.165, 1.54) is 6.42 Å². The second-order valence-electron chi connectivity index (χ2n) is 6.20. The van der Waals surface area contributed by atoms with Gasteiger partial charge in [-0.2, -0.15) is 0 Å². The molecule has 1 N–H and O–H groups in total. The van der Waals surface area contributed by atoms with E-state index >= 15 is 0 Å². The van der Waals surface area contributed by atoms with Gasteiger partial charge in [-0.05, 0) is 40.5 Å². The van der Waals surface area contributed by atoms with E-state index < -0.39 is 5.79 Å². The summed E-state index contributed by atoms with van der Waals surface area (Å²) in [4.78, 5) is 0. The summed E-state index contributed by atoms with van der Waals surface area (Å²) < 4.78 is 21.6. The Kier molecular flexibility index (Phi) is 6.88. The Morgan fingerprint density at radius 2 is 1.35 bits per heavy atom. The summed E-state index contributed by atoms with van der Waals surface area (Å²) in [5.74, 6) is -0.778.